The summed E-state index contributed by atoms with van der Waals surface area (Å²) in [5, 5.41) is -0.330. The predicted octanol–water partition coefficient (Wildman–Crippen LogP) is 3.66. The summed E-state index contributed by atoms with van der Waals surface area (Å²) < 4.78 is 40.2. The maximum atomic E-state index is 12.9. The topological polar surface area (TPSA) is 46.2 Å². The number of nitrogens with one attached hydrogen (secondary N) is 1. The molecule has 0 atom stereocenters. The fraction of sp³-hybridized carbons (Fsp3) is 0.500. The zero-order chi connectivity index (χ0) is 13.2. The Kier molecular flexibility index (Phi) is 4.27. The van der Waals surface area contributed by atoms with Crippen molar-refractivity contribution in [3.8, 4) is 0 Å². The molecule has 1 fully saturated rings. The van der Waals surface area contributed by atoms with Crippen molar-refractivity contribution in [2.75, 3.05) is 4.72 Å². The summed E-state index contributed by atoms with van der Waals surface area (Å²) in [6.45, 7) is 0. The molecule has 0 saturated heterocycles. The smallest absolute Gasteiger partial charge is 0.235 e. The lowest BCUT2D eigenvalue weighted by molar-refractivity contribution is 0.486. The highest BCUT2D eigenvalue weighted by atomic mass is 79.9. The van der Waals surface area contributed by atoms with E-state index in [0.29, 0.717) is 23.0 Å². The van der Waals surface area contributed by atoms with Gasteiger partial charge < -0.3 is 0 Å². The molecule has 0 heterocycles. The van der Waals surface area contributed by atoms with Crippen LogP contribution in [0.15, 0.2) is 22.7 Å². The number of anilines is 1. The van der Waals surface area contributed by atoms with Crippen molar-refractivity contribution in [2.24, 2.45) is 0 Å². The van der Waals surface area contributed by atoms with Crippen LogP contribution in [0.25, 0.3) is 0 Å². The van der Waals surface area contributed by atoms with Gasteiger partial charge in [-0.05, 0) is 47.0 Å². The van der Waals surface area contributed by atoms with Crippen LogP contribution >= 0.6 is 15.9 Å². The van der Waals surface area contributed by atoms with Gasteiger partial charge in [-0.2, -0.15) is 0 Å². The van der Waals surface area contributed by atoms with E-state index in [9.17, 15) is 12.8 Å². The van der Waals surface area contributed by atoms with Crippen molar-refractivity contribution in [1.29, 1.82) is 0 Å². The van der Waals surface area contributed by atoms with Crippen molar-refractivity contribution in [2.45, 2.75) is 37.4 Å². The van der Waals surface area contributed by atoms with Crippen molar-refractivity contribution in [3.05, 3.63) is 28.5 Å². The van der Waals surface area contributed by atoms with Crippen LogP contribution in [0.3, 0.4) is 0 Å². The molecule has 1 aromatic carbocycles. The van der Waals surface area contributed by atoms with E-state index in [1.54, 1.807) is 0 Å². The number of rotatable bonds is 3. The van der Waals surface area contributed by atoms with Crippen molar-refractivity contribution >= 4 is 31.6 Å². The molecule has 18 heavy (non-hydrogen) atoms. The molecule has 0 radical (unpaired) electrons. The summed E-state index contributed by atoms with van der Waals surface area (Å²) in [6, 6.07) is 3.92. The average Bonchev–Trinajstić information content (AvgIpc) is 2.34. The van der Waals surface area contributed by atoms with Crippen LogP contribution in [-0.2, 0) is 10.0 Å². The fourth-order valence-corrected chi connectivity index (χ4v) is 4.37. The first-order valence-electron chi connectivity index (χ1n) is 5.96. The highest BCUT2D eigenvalue weighted by molar-refractivity contribution is 9.10. The minimum Gasteiger partial charge on any atom is -0.282 e. The minimum atomic E-state index is -3.37. The second-order valence-corrected chi connectivity index (χ2v) is 7.35. The van der Waals surface area contributed by atoms with Crippen molar-refractivity contribution in [1.82, 2.24) is 0 Å². The van der Waals surface area contributed by atoms with E-state index < -0.39 is 15.8 Å². The third-order valence-corrected chi connectivity index (χ3v) is 5.68. The van der Waals surface area contributed by atoms with E-state index in [1.165, 1.54) is 18.2 Å². The molecule has 2 rings (SSSR count). The highest BCUT2D eigenvalue weighted by Crippen LogP contribution is 2.28. The molecule has 6 heteroatoms. The van der Waals surface area contributed by atoms with Gasteiger partial charge >= 0.3 is 0 Å². The highest BCUT2D eigenvalue weighted by Gasteiger charge is 2.27. The third kappa shape index (κ3) is 3.23. The largest absolute Gasteiger partial charge is 0.282 e. The normalized spacial score (nSPS) is 17.7. The zero-order valence-corrected chi connectivity index (χ0v) is 12.2. The summed E-state index contributed by atoms with van der Waals surface area (Å²) in [7, 11) is -3.37. The van der Waals surface area contributed by atoms with Gasteiger partial charge in [-0.15, -0.1) is 0 Å². The van der Waals surface area contributed by atoms with E-state index >= 15 is 0 Å². The zero-order valence-electron chi connectivity index (χ0n) is 9.83. The van der Waals surface area contributed by atoms with E-state index in [0.717, 1.165) is 19.3 Å². The molecular formula is C12H15BrFNO2S. The molecule has 3 nitrogen and oxygen atoms in total. The Bertz CT molecular complexity index is 527. The molecule has 1 saturated carbocycles. The van der Waals surface area contributed by atoms with Crippen LogP contribution in [0.5, 0.6) is 0 Å². The Labute approximate surface area is 115 Å². The summed E-state index contributed by atoms with van der Waals surface area (Å²) in [5.74, 6) is -0.400. The first-order chi connectivity index (χ1) is 8.49. The number of benzene rings is 1. The lowest BCUT2D eigenvalue weighted by atomic mass is 10.0. The Balaban J connectivity index is 2.16. The van der Waals surface area contributed by atoms with Gasteiger partial charge in [0.2, 0.25) is 10.0 Å². The molecule has 0 unspecified atom stereocenters. The predicted molar refractivity (Wildman–Crippen MR) is 73.5 cm³/mol. The van der Waals surface area contributed by atoms with Crippen LogP contribution in [0.4, 0.5) is 10.1 Å². The second-order valence-electron chi connectivity index (χ2n) is 4.53. The number of hydrogen-bond acceptors (Lipinski definition) is 2. The van der Waals surface area contributed by atoms with E-state index in [1.807, 2.05) is 0 Å². The maximum absolute atomic E-state index is 12.9. The van der Waals surface area contributed by atoms with Gasteiger partial charge in [0.15, 0.2) is 0 Å². The van der Waals surface area contributed by atoms with E-state index in [4.69, 9.17) is 0 Å². The third-order valence-electron chi connectivity index (χ3n) is 3.17. The molecule has 0 aliphatic heterocycles. The minimum absolute atomic E-state index is 0.330. The first-order valence-corrected chi connectivity index (χ1v) is 8.29. The molecule has 1 aromatic rings. The van der Waals surface area contributed by atoms with Gasteiger partial charge in [0.1, 0.15) is 5.82 Å². The van der Waals surface area contributed by atoms with Crippen LogP contribution in [-0.4, -0.2) is 13.7 Å². The lowest BCUT2D eigenvalue weighted by Gasteiger charge is -2.22. The Morgan fingerprint density at radius 1 is 1.22 bits per heavy atom. The molecule has 0 spiro atoms. The summed E-state index contributed by atoms with van der Waals surface area (Å²) in [4.78, 5) is 0. The second kappa shape index (κ2) is 5.57. The van der Waals surface area contributed by atoms with Gasteiger partial charge in [0, 0.05) is 4.47 Å². The monoisotopic (exact) mass is 335 g/mol. The average molecular weight is 336 g/mol. The number of halogens is 2. The molecule has 0 amide bonds. The molecule has 100 valence electrons. The SMILES string of the molecule is O=S(=O)(Nc1ccc(F)cc1Br)C1CCCCC1. The van der Waals surface area contributed by atoms with E-state index in [-0.39, 0.29) is 5.25 Å². The molecule has 0 aromatic heterocycles. The van der Waals surface area contributed by atoms with Crippen molar-refractivity contribution < 1.29 is 12.8 Å². The van der Waals surface area contributed by atoms with Crippen molar-refractivity contribution in [3.63, 3.8) is 0 Å². The van der Waals surface area contributed by atoms with E-state index in [2.05, 4.69) is 20.7 Å². The molecule has 1 aliphatic rings. The number of sulfonamides is 1. The molecule has 1 aliphatic carbocycles. The van der Waals surface area contributed by atoms with Gasteiger partial charge in [-0.3, -0.25) is 4.72 Å². The fourth-order valence-electron chi connectivity index (χ4n) is 2.18. The van der Waals surface area contributed by atoms with Gasteiger partial charge in [0.25, 0.3) is 0 Å². The number of hydrogen-bond donors (Lipinski definition) is 1. The Morgan fingerprint density at radius 3 is 2.50 bits per heavy atom. The van der Waals surface area contributed by atoms with Crippen LogP contribution in [0.1, 0.15) is 32.1 Å². The van der Waals surface area contributed by atoms with Gasteiger partial charge in [-0.1, -0.05) is 19.3 Å². The van der Waals surface area contributed by atoms with Crippen LogP contribution < -0.4 is 4.72 Å². The summed E-state index contributed by atoms with van der Waals surface area (Å²) >= 11 is 3.16. The van der Waals surface area contributed by atoms with Crippen LogP contribution in [0, 0.1) is 5.82 Å². The molecule has 1 N–H and O–H groups in total. The van der Waals surface area contributed by atoms with Gasteiger partial charge in [0.05, 0.1) is 10.9 Å². The first kappa shape index (κ1) is 13.8. The molecular weight excluding hydrogens is 321 g/mol. The Morgan fingerprint density at radius 2 is 1.89 bits per heavy atom. The van der Waals surface area contributed by atoms with Gasteiger partial charge in [-0.25, -0.2) is 12.8 Å². The standard InChI is InChI=1S/C12H15BrFNO2S/c13-11-8-9(14)6-7-12(11)15-18(16,17)10-4-2-1-3-5-10/h6-8,10,15H,1-5H2. The summed E-state index contributed by atoms with van der Waals surface area (Å²) in [5.41, 5.74) is 0.391. The summed E-state index contributed by atoms with van der Waals surface area (Å²) in [6.07, 6.45) is 4.42. The molecule has 0 bridgehead atoms. The Hall–Kier alpha value is -0.620. The quantitative estimate of drug-likeness (QED) is 0.916. The van der Waals surface area contributed by atoms with Crippen LogP contribution in [0.2, 0.25) is 0 Å². The lowest BCUT2D eigenvalue weighted by Crippen LogP contribution is -2.29. The maximum Gasteiger partial charge on any atom is 0.235 e.